The number of benzene rings is 2. The van der Waals surface area contributed by atoms with Gasteiger partial charge in [-0.2, -0.15) is 0 Å². The van der Waals surface area contributed by atoms with Crippen molar-refractivity contribution in [3.8, 4) is 11.3 Å². The highest BCUT2D eigenvalue weighted by Gasteiger charge is 2.17. The summed E-state index contributed by atoms with van der Waals surface area (Å²) in [5, 5.41) is 6.14. The van der Waals surface area contributed by atoms with E-state index in [1.54, 1.807) is 24.3 Å². The Kier molecular flexibility index (Phi) is 5.66. The summed E-state index contributed by atoms with van der Waals surface area (Å²) >= 11 is 1.50. The van der Waals surface area contributed by atoms with Crippen LogP contribution in [0.5, 0.6) is 0 Å². The molecule has 0 radical (unpaired) electrons. The number of aromatic nitrogens is 1. The molecular formula is C21H25N3O2S. The van der Waals surface area contributed by atoms with Gasteiger partial charge < -0.3 is 5.32 Å². The summed E-state index contributed by atoms with van der Waals surface area (Å²) in [6.45, 7) is 5.68. The first-order valence-corrected chi connectivity index (χ1v) is 9.51. The molecule has 2 N–H and O–H groups in total. The largest absolute Gasteiger partial charge is 0.326 e. The summed E-state index contributed by atoms with van der Waals surface area (Å²) in [4.78, 5) is 29.4. The molecule has 2 amide bonds. The van der Waals surface area contributed by atoms with Gasteiger partial charge in [0.15, 0.2) is 5.13 Å². The molecule has 0 bridgehead atoms. The lowest BCUT2D eigenvalue weighted by Crippen LogP contribution is -2.12. The Hall–Kier alpha value is -2.99. The van der Waals surface area contributed by atoms with Crippen LogP contribution in [0.25, 0.3) is 11.3 Å². The van der Waals surface area contributed by atoms with Crippen molar-refractivity contribution in [2.24, 2.45) is 0 Å². The summed E-state index contributed by atoms with van der Waals surface area (Å²) in [5.41, 5.74) is 3.11. The van der Waals surface area contributed by atoms with E-state index in [0.717, 1.165) is 16.1 Å². The van der Waals surface area contributed by atoms with Gasteiger partial charge in [-0.05, 0) is 30.2 Å². The van der Waals surface area contributed by atoms with Gasteiger partial charge in [0, 0.05) is 31.5 Å². The van der Waals surface area contributed by atoms with Gasteiger partial charge in [-0.1, -0.05) is 44.2 Å². The number of carbonyl (C=O) groups is 2. The lowest BCUT2D eigenvalue weighted by molar-refractivity contribution is -0.114. The van der Waals surface area contributed by atoms with Gasteiger partial charge >= 0.3 is 0 Å². The lowest BCUT2D eigenvalue weighted by Gasteiger charge is -2.04. The Morgan fingerprint density at radius 1 is 1.00 bits per heavy atom. The molecule has 0 atom stereocenters. The molecule has 6 heteroatoms. The van der Waals surface area contributed by atoms with Crippen molar-refractivity contribution in [1.29, 1.82) is 0 Å². The molecule has 0 unspecified atom stereocenters. The van der Waals surface area contributed by atoms with Crippen LogP contribution in [0.15, 0.2) is 54.6 Å². The Labute approximate surface area is 165 Å². The van der Waals surface area contributed by atoms with Crippen molar-refractivity contribution >= 4 is 34.0 Å². The fourth-order valence-corrected chi connectivity index (χ4v) is 3.64. The number of hydrogen-bond donors (Lipinski definition) is 2. The van der Waals surface area contributed by atoms with Crippen LogP contribution in [0, 0.1) is 0 Å². The van der Waals surface area contributed by atoms with Crippen LogP contribution in [0.1, 0.15) is 44.8 Å². The molecule has 3 rings (SSSR count). The van der Waals surface area contributed by atoms with Crippen LogP contribution in [0.2, 0.25) is 0 Å². The third kappa shape index (κ3) is 4.60. The zero-order valence-electron chi connectivity index (χ0n) is 15.4. The molecule has 1 aromatic heterocycles. The maximum atomic E-state index is 12.5. The molecule has 142 valence electrons. The molecule has 0 aliphatic rings. The number of carbonyl (C=O) groups excluding carboxylic acids is 2. The van der Waals surface area contributed by atoms with Crippen LogP contribution < -0.4 is 10.6 Å². The maximum Gasteiger partial charge on any atom is 0.257 e. The SMILES string of the molecule is CC(=O)Nc1ccc(C(=O)Nc2nc(-c3ccccc3)c(C(C)C)s2)cc1.[HH].[HH]. The van der Waals surface area contributed by atoms with Gasteiger partial charge in [-0.25, -0.2) is 4.98 Å². The van der Waals surface area contributed by atoms with Crippen LogP contribution in [0.3, 0.4) is 0 Å². The number of rotatable bonds is 5. The highest BCUT2D eigenvalue weighted by Crippen LogP contribution is 2.36. The number of hydrogen-bond acceptors (Lipinski definition) is 4. The van der Waals surface area contributed by atoms with Crippen molar-refractivity contribution in [3.05, 3.63) is 65.0 Å². The Bertz CT molecular complexity index is 958. The van der Waals surface area contributed by atoms with Crippen LogP contribution in [-0.2, 0) is 4.79 Å². The van der Waals surface area contributed by atoms with Crippen LogP contribution in [0.4, 0.5) is 10.8 Å². The minimum atomic E-state index is -0.229. The quantitative estimate of drug-likeness (QED) is 0.599. The maximum absolute atomic E-state index is 12.5. The Morgan fingerprint density at radius 3 is 2.26 bits per heavy atom. The summed E-state index contributed by atoms with van der Waals surface area (Å²) in [6.07, 6.45) is 0. The van der Waals surface area contributed by atoms with E-state index in [2.05, 4.69) is 29.5 Å². The second-order valence-electron chi connectivity index (χ2n) is 6.47. The van der Waals surface area contributed by atoms with E-state index in [9.17, 15) is 9.59 Å². The van der Waals surface area contributed by atoms with E-state index in [-0.39, 0.29) is 14.7 Å². The minimum Gasteiger partial charge on any atom is -0.326 e. The van der Waals surface area contributed by atoms with Gasteiger partial charge in [0.1, 0.15) is 0 Å². The molecule has 0 spiro atoms. The second kappa shape index (κ2) is 8.14. The topological polar surface area (TPSA) is 71.1 Å². The first-order chi connectivity index (χ1) is 12.9. The predicted molar refractivity (Wildman–Crippen MR) is 115 cm³/mol. The van der Waals surface area contributed by atoms with Gasteiger partial charge in [-0.15, -0.1) is 11.3 Å². The summed E-state index contributed by atoms with van der Waals surface area (Å²) in [7, 11) is 0. The summed E-state index contributed by atoms with van der Waals surface area (Å²) in [6, 6.07) is 16.7. The van der Waals surface area contributed by atoms with Crippen molar-refractivity contribution in [1.82, 2.24) is 4.98 Å². The van der Waals surface area contributed by atoms with Gasteiger partial charge in [-0.3, -0.25) is 14.9 Å². The predicted octanol–water partition coefficient (Wildman–Crippen LogP) is 5.64. The first kappa shape index (κ1) is 18.8. The van der Waals surface area contributed by atoms with Crippen LogP contribution >= 0.6 is 11.3 Å². The van der Waals surface area contributed by atoms with Gasteiger partial charge in [0.25, 0.3) is 5.91 Å². The number of amides is 2. The van der Waals surface area contributed by atoms with Gasteiger partial charge in [0.05, 0.1) is 5.69 Å². The monoisotopic (exact) mass is 383 g/mol. The number of nitrogens with one attached hydrogen (secondary N) is 2. The smallest absolute Gasteiger partial charge is 0.257 e. The molecule has 0 aliphatic carbocycles. The Morgan fingerprint density at radius 2 is 1.67 bits per heavy atom. The fourth-order valence-electron chi connectivity index (χ4n) is 2.66. The van der Waals surface area contributed by atoms with E-state index in [1.165, 1.54) is 18.3 Å². The van der Waals surface area contributed by atoms with E-state index < -0.39 is 0 Å². The zero-order chi connectivity index (χ0) is 19.4. The molecule has 0 saturated heterocycles. The molecule has 2 aromatic carbocycles. The van der Waals surface area contributed by atoms with E-state index in [4.69, 9.17) is 0 Å². The van der Waals surface area contributed by atoms with Crippen molar-refractivity contribution in [3.63, 3.8) is 0 Å². The highest BCUT2D eigenvalue weighted by molar-refractivity contribution is 7.16. The van der Waals surface area contributed by atoms with Crippen LogP contribution in [-0.4, -0.2) is 16.8 Å². The number of anilines is 2. The van der Waals surface area contributed by atoms with Crippen molar-refractivity contribution in [2.75, 3.05) is 10.6 Å². The Balaban J connectivity index is 0.00000210. The molecule has 27 heavy (non-hydrogen) atoms. The molecule has 3 aromatic rings. The second-order valence-corrected chi connectivity index (χ2v) is 7.50. The van der Waals surface area contributed by atoms with Crippen molar-refractivity contribution < 1.29 is 12.4 Å². The molecule has 5 nitrogen and oxygen atoms in total. The van der Waals surface area contributed by atoms with E-state index >= 15 is 0 Å². The molecule has 0 saturated carbocycles. The van der Waals surface area contributed by atoms with Crippen molar-refractivity contribution in [2.45, 2.75) is 26.7 Å². The molecule has 0 aliphatic heterocycles. The first-order valence-electron chi connectivity index (χ1n) is 8.69. The van der Waals surface area contributed by atoms with E-state index in [0.29, 0.717) is 22.3 Å². The zero-order valence-corrected chi connectivity index (χ0v) is 16.3. The number of thiazole rings is 1. The fraction of sp³-hybridized carbons (Fsp3) is 0.190. The average molecular weight is 384 g/mol. The normalized spacial score (nSPS) is 10.7. The summed E-state index contributed by atoms with van der Waals surface area (Å²) in [5.74, 6) is -0.0713. The van der Waals surface area contributed by atoms with Gasteiger partial charge in [0.2, 0.25) is 5.91 Å². The molecule has 1 heterocycles. The van der Waals surface area contributed by atoms with E-state index in [1.807, 2.05) is 30.3 Å². The third-order valence-corrected chi connectivity index (χ3v) is 5.18. The standard InChI is InChI=1S/C21H21N3O2S.2H2/c1-13(2)19-18(15-7-5-4-6-8-15)23-21(27-19)24-20(26)16-9-11-17(12-10-16)22-14(3)25;;/h4-13H,1-3H3,(H,22,25)(H,23,24,26);2*1H. The average Bonchev–Trinajstić information content (AvgIpc) is 3.06. The highest BCUT2D eigenvalue weighted by atomic mass is 32.1. The number of nitrogens with zero attached hydrogens (tertiary/aromatic N) is 1. The lowest BCUT2D eigenvalue weighted by atomic mass is 10.1. The minimum absolute atomic E-state index is 0. The molecule has 0 fully saturated rings. The third-order valence-electron chi connectivity index (χ3n) is 3.91. The summed E-state index contributed by atoms with van der Waals surface area (Å²) < 4.78 is 0. The molecular weight excluding hydrogens is 358 g/mol.